The summed E-state index contributed by atoms with van der Waals surface area (Å²) in [4.78, 5) is 25.5. The molecule has 30 heavy (non-hydrogen) atoms. The number of amides is 1. The third kappa shape index (κ3) is 5.69. The molecule has 1 saturated heterocycles. The summed E-state index contributed by atoms with van der Waals surface area (Å²) in [5.41, 5.74) is 8.82. The molecule has 1 aliphatic rings. The number of benzene rings is 2. The number of piperidine rings is 1. The smallest absolute Gasteiger partial charge is 0.270 e. The van der Waals surface area contributed by atoms with E-state index in [0.29, 0.717) is 12.1 Å². The number of nitrogens with one attached hydrogen (secondary N) is 1. The fourth-order valence-electron chi connectivity index (χ4n) is 3.91. The molecule has 0 bridgehead atoms. The predicted octanol–water partition coefficient (Wildman–Crippen LogP) is 4.77. The van der Waals surface area contributed by atoms with Crippen molar-refractivity contribution in [3.05, 3.63) is 60.7 Å². The second-order valence-electron chi connectivity index (χ2n) is 7.74. The van der Waals surface area contributed by atoms with Crippen LogP contribution in [0.1, 0.15) is 47.2 Å². The van der Waals surface area contributed by atoms with E-state index in [1.165, 1.54) is 25.3 Å². The SMILES string of the molecule is Cc1cc(I)ccc1Nc1c(CCCN2CCCCC2)cc([N+](=O)[O-])cc1C(N)=O. The van der Waals surface area contributed by atoms with Crippen molar-refractivity contribution < 1.29 is 9.72 Å². The summed E-state index contributed by atoms with van der Waals surface area (Å²) in [5.74, 6) is -0.679. The number of aryl methyl sites for hydroxylation is 2. The van der Waals surface area contributed by atoms with E-state index >= 15 is 0 Å². The van der Waals surface area contributed by atoms with Crippen LogP contribution in [0.25, 0.3) is 0 Å². The summed E-state index contributed by atoms with van der Waals surface area (Å²) < 4.78 is 1.11. The summed E-state index contributed by atoms with van der Waals surface area (Å²) in [6.45, 7) is 5.13. The zero-order valence-electron chi connectivity index (χ0n) is 17.1. The second kappa shape index (κ2) is 10.2. The molecular formula is C22H27IN4O3. The number of carbonyl (C=O) groups is 1. The van der Waals surface area contributed by atoms with Crippen LogP contribution in [0.5, 0.6) is 0 Å². The lowest BCUT2D eigenvalue weighted by Crippen LogP contribution is -2.30. The Hall–Kier alpha value is -2.20. The summed E-state index contributed by atoms with van der Waals surface area (Å²) in [6, 6.07) is 8.78. The first kappa shape index (κ1) is 22.5. The van der Waals surface area contributed by atoms with Gasteiger partial charge in [0.05, 0.1) is 16.2 Å². The molecule has 3 rings (SSSR count). The van der Waals surface area contributed by atoms with Crippen LogP contribution in [0.15, 0.2) is 30.3 Å². The van der Waals surface area contributed by atoms with Crippen molar-refractivity contribution in [3.8, 4) is 0 Å². The number of non-ortho nitro benzene ring substituents is 1. The Labute approximate surface area is 190 Å². The molecule has 0 unspecified atom stereocenters. The van der Waals surface area contributed by atoms with Crippen molar-refractivity contribution in [2.45, 2.75) is 39.0 Å². The maximum absolute atomic E-state index is 12.1. The van der Waals surface area contributed by atoms with Crippen LogP contribution in [0.4, 0.5) is 17.1 Å². The average Bonchev–Trinajstić information content (AvgIpc) is 2.71. The fourth-order valence-corrected chi connectivity index (χ4v) is 4.55. The number of primary amides is 1. The minimum Gasteiger partial charge on any atom is -0.366 e. The van der Waals surface area contributed by atoms with Crippen molar-refractivity contribution in [3.63, 3.8) is 0 Å². The van der Waals surface area contributed by atoms with Gasteiger partial charge in [0.2, 0.25) is 0 Å². The van der Waals surface area contributed by atoms with Crippen LogP contribution in [0.2, 0.25) is 0 Å². The first-order valence-corrected chi connectivity index (χ1v) is 11.3. The quantitative estimate of drug-likeness (QED) is 0.296. The van der Waals surface area contributed by atoms with Crippen LogP contribution in [0.3, 0.4) is 0 Å². The number of carbonyl (C=O) groups excluding carboxylic acids is 1. The van der Waals surface area contributed by atoms with Gasteiger partial charge in [0.15, 0.2) is 0 Å². The van der Waals surface area contributed by atoms with Crippen LogP contribution in [-0.2, 0) is 6.42 Å². The molecule has 8 heteroatoms. The van der Waals surface area contributed by atoms with E-state index in [2.05, 4.69) is 32.8 Å². The number of rotatable bonds is 8. The molecule has 0 aliphatic carbocycles. The normalized spacial score (nSPS) is 14.5. The topological polar surface area (TPSA) is 102 Å². The van der Waals surface area contributed by atoms with E-state index in [0.717, 1.165) is 46.4 Å². The molecule has 7 nitrogen and oxygen atoms in total. The van der Waals surface area contributed by atoms with Gasteiger partial charge in [-0.15, -0.1) is 0 Å². The zero-order valence-corrected chi connectivity index (χ0v) is 19.3. The van der Waals surface area contributed by atoms with Crippen molar-refractivity contribution >= 4 is 45.6 Å². The molecule has 2 aromatic carbocycles. The number of hydrogen-bond acceptors (Lipinski definition) is 5. The molecule has 3 N–H and O–H groups in total. The zero-order chi connectivity index (χ0) is 21.7. The highest BCUT2D eigenvalue weighted by atomic mass is 127. The van der Waals surface area contributed by atoms with Crippen molar-refractivity contribution in [2.24, 2.45) is 5.73 Å². The standard InChI is InChI=1S/C22H27IN4O3/c1-15-12-17(23)7-8-20(15)25-21-16(6-5-11-26-9-3-2-4-10-26)13-18(27(29)30)14-19(21)22(24)28/h7-8,12-14,25H,2-6,9-11H2,1H3,(H2,24,28). The predicted molar refractivity (Wildman–Crippen MR) is 127 cm³/mol. The first-order chi connectivity index (χ1) is 14.3. The molecular weight excluding hydrogens is 495 g/mol. The summed E-state index contributed by atoms with van der Waals surface area (Å²) >= 11 is 2.25. The van der Waals surface area contributed by atoms with Gasteiger partial charge in [-0.2, -0.15) is 0 Å². The van der Waals surface area contributed by atoms with E-state index in [1.54, 1.807) is 6.07 Å². The largest absolute Gasteiger partial charge is 0.366 e. The fraction of sp³-hybridized carbons (Fsp3) is 0.409. The molecule has 160 valence electrons. The number of anilines is 2. The van der Waals surface area contributed by atoms with Crippen LogP contribution < -0.4 is 11.1 Å². The number of halogens is 1. The first-order valence-electron chi connectivity index (χ1n) is 10.2. The Kier molecular flexibility index (Phi) is 7.65. The molecule has 1 aliphatic heterocycles. The number of likely N-dealkylation sites (tertiary alicyclic amines) is 1. The van der Waals surface area contributed by atoms with Crippen LogP contribution >= 0.6 is 22.6 Å². The molecule has 1 fully saturated rings. The summed E-state index contributed by atoms with van der Waals surface area (Å²) in [5, 5.41) is 14.8. The van der Waals surface area contributed by atoms with Gasteiger partial charge in [-0.1, -0.05) is 6.42 Å². The Morgan fingerprint density at radius 3 is 2.60 bits per heavy atom. The molecule has 1 amide bonds. The second-order valence-corrected chi connectivity index (χ2v) is 8.98. The van der Waals surface area contributed by atoms with E-state index in [9.17, 15) is 14.9 Å². The molecule has 0 radical (unpaired) electrons. The third-order valence-electron chi connectivity index (χ3n) is 5.50. The van der Waals surface area contributed by atoms with Gasteiger partial charge >= 0.3 is 0 Å². The van der Waals surface area contributed by atoms with E-state index in [1.807, 2.05) is 25.1 Å². The lowest BCUT2D eigenvalue weighted by molar-refractivity contribution is -0.384. The minimum absolute atomic E-state index is 0.110. The van der Waals surface area contributed by atoms with Gasteiger partial charge in [-0.05, 0) is 104 Å². The molecule has 0 spiro atoms. The Balaban J connectivity index is 1.92. The minimum atomic E-state index is -0.679. The van der Waals surface area contributed by atoms with Crippen molar-refractivity contribution in [1.82, 2.24) is 4.90 Å². The summed E-state index contributed by atoms with van der Waals surface area (Å²) in [6.07, 6.45) is 5.22. The maximum Gasteiger partial charge on any atom is 0.270 e. The van der Waals surface area contributed by atoms with Gasteiger partial charge in [0.1, 0.15) is 0 Å². The molecule has 0 aromatic heterocycles. The molecule has 1 heterocycles. The van der Waals surface area contributed by atoms with Crippen molar-refractivity contribution in [1.29, 1.82) is 0 Å². The maximum atomic E-state index is 12.1. The highest BCUT2D eigenvalue weighted by molar-refractivity contribution is 14.1. The van der Waals surface area contributed by atoms with Gasteiger partial charge < -0.3 is 16.0 Å². The molecule has 0 atom stereocenters. The Bertz CT molecular complexity index is 942. The van der Waals surface area contributed by atoms with Crippen LogP contribution in [0, 0.1) is 20.6 Å². The lowest BCUT2D eigenvalue weighted by atomic mass is 9.99. The monoisotopic (exact) mass is 522 g/mol. The Morgan fingerprint density at radius 1 is 1.23 bits per heavy atom. The van der Waals surface area contributed by atoms with Crippen LogP contribution in [-0.4, -0.2) is 35.4 Å². The van der Waals surface area contributed by atoms with E-state index in [4.69, 9.17) is 5.73 Å². The lowest BCUT2D eigenvalue weighted by Gasteiger charge is -2.26. The van der Waals surface area contributed by atoms with Gasteiger partial charge in [0, 0.05) is 21.4 Å². The van der Waals surface area contributed by atoms with E-state index in [-0.39, 0.29) is 11.3 Å². The Morgan fingerprint density at radius 2 is 1.97 bits per heavy atom. The van der Waals surface area contributed by atoms with E-state index < -0.39 is 10.8 Å². The average molecular weight is 522 g/mol. The molecule has 0 saturated carbocycles. The summed E-state index contributed by atoms with van der Waals surface area (Å²) in [7, 11) is 0. The van der Waals surface area contributed by atoms with Gasteiger partial charge in [0.25, 0.3) is 11.6 Å². The number of nitrogens with zero attached hydrogens (tertiary/aromatic N) is 2. The van der Waals surface area contributed by atoms with Gasteiger partial charge in [-0.25, -0.2) is 0 Å². The van der Waals surface area contributed by atoms with Crippen molar-refractivity contribution in [2.75, 3.05) is 25.0 Å². The van der Waals surface area contributed by atoms with Gasteiger partial charge in [-0.3, -0.25) is 14.9 Å². The number of nitrogens with two attached hydrogens (primary N) is 1. The number of nitro benzene ring substituents is 1. The highest BCUT2D eigenvalue weighted by Crippen LogP contribution is 2.32. The highest BCUT2D eigenvalue weighted by Gasteiger charge is 2.21. The third-order valence-corrected chi connectivity index (χ3v) is 6.17. The number of hydrogen-bond donors (Lipinski definition) is 2. The number of nitro groups is 1. The molecule has 2 aromatic rings.